The predicted molar refractivity (Wildman–Crippen MR) is 149 cm³/mol. The van der Waals surface area contributed by atoms with Gasteiger partial charge in [0.05, 0.1) is 22.3 Å². The van der Waals surface area contributed by atoms with E-state index in [1.54, 1.807) is 18.6 Å². The molecule has 0 amide bonds. The number of nitrogens with zero attached hydrogens (tertiary/aromatic N) is 6. The minimum absolute atomic E-state index is 0.303. The van der Waals surface area contributed by atoms with Crippen LogP contribution in [0.5, 0.6) is 0 Å². The van der Waals surface area contributed by atoms with Gasteiger partial charge in [-0.1, -0.05) is 13.0 Å². The van der Waals surface area contributed by atoms with E-state index in [2.05, 4.69) is 56.1 Å². The van der Waals surface area contributed by atoms with Gasteiger partial charge in [0, 0.05) is 29.7 Å². The van der Waals surface area contributed by atoms with Crippen LogP contribution in [0.3, 0.4) is 0 Å². The molecular weight excluding hydrogens is 479 g/mol. The zero-order valence-corrected chi connectivity index (χ0v) is 21.8. The number of hydrogen-bond donors (Lipinski definition) is 2. The van der Waals surface area contributed by atoms with Gasteiger partial charge in [-0.15, -0.1) is 0 Å². The van der Waals surface area contributed by atoms with Gasteiger partial charge < -0.3 is 9.88 Å². The maximum absolute atomic E-state index is 14.0. The molecule has 0 atom stereocenters. The highest BCUT2D eigenvalue weighted by atomic mass is 19.1. The summed E-state index contributed by atoms with van der Waals surface area (Å²) in [6.07, 6.45) is 6.44. The smallest absolute Gasteiger partial charge is 0.181 e. The highest BCUT2D eigenvalue weighted by Crippen LogP contribution is 2.31. The van der Waals surface area contributed by atoms with Crippen molar-refractivity contribution in [1.82, 2.24) is 40.0 Å². The minimum Gasteiger partial charge on any atom is -0.337 e. The number of imidazole rings is 1. The third-order valence-corrected chi connectivity index (χ3v) is 5.99. The van der Waals surface area contributed by atoms with Crippen molar-refractivity contribution < 1.29 is 4.39 Å². The average Bonchev–Trinajstić information content (AvgIpc) is 3.52. The van der Waals surface area contributed by atoms with Crippen molar-refractivity contribution in [2.75, 3.05) is 20.6 Å². The zero-order chi connectivity index (χ0) is 26.6. The van der Waals surface area contributed by atoms with E-state index in [1.165, 1.54) is 25.1 Å². The molecule has 6 aromatic rings. The predicted octanol–water partition coefficient (Wildman–Crippen LogP) is 6.03. The molecule has 8 nitrogen and oxygen atoms in total. The van der Waals surface area contributed by atoms with Gasteiger partial charge >= 0.3 is 0 Å². The number of hydrogen-bond acceptors (Lipinski definition) is 6. The molecule has 0 bridgehead atoms. The van der Waals surface area contributed by atoms with Crippen molar-refractivity contribution in [2.24, 2.45) is 0 Å². The van der Waals surface area contributed by atoms with E-state index >= 15 is 0 Å². The molecular formula is C29H29FN8. The summed E-state index contributed by atoms with van der Waals surface area (Å²) in [5.74, 6) is 0.298. The number of aromatic amines is 2. The molecule has 0 fully saturated rings. The Balaban J connectivity index is 0.000000443. The third kappa shape index (κ3) is 5.28. The Labute approximate surface area is 220 Å². The molecule has 5 heterocycles. The van der Waals surface area contributed by atoms with Crippen LogP contribution in [0.15, 0.2) is 67.1 Å². The van der Waals surface area contributed by atoms with Gasteiger partial charge in [0.1, 0.15) is 17.0 Å². The van der Waals surface area contributed by atoms with Gasteiger partial charge in [-0.05, 0) is 82.0 Å². The summed E-state index contributed by atoms with van der Waals surface area (Å²) in [7, 11) is 4.17. The Morgan fingerprint density at radius 3 is 2.53 bits per heavy atom. The molecule has 0 saturated carbocycles. The molecule has 0 radical (unpaired) electrons. The first-order valence-corrected chi connectivity index (χ1v) is 12.5. The van der Waals surface area contributed by atoms with E-state index in [0.29, 0.717) is 33.9 Å². The van der Waals surface area contributed by atoms with E-state index in [-0.39, 0.29) is 5.82 Å². The highest BCUT2D eigenvalue weighted by molar-refractivity contribution is 5.96. The number of halogens is 1. The van der Waals surface area contributed by atoms with Crippen molar-refractivity contribution in [3.8, 4) is 34.0 Å². The van der Waals surface area contributed by atoms with Crippen molar-refractivity contribution in [3.05, 3.63) is 78.5 Å². The number of aromatic nitrogens is 7. The Morgan fingerprint density at radius 1 is 0.947 bits per heavy atom. The van der Waals surface area contributed by atoms with Crippen LogP contribution in [0.1, 0.15) is 18.9 Å². The lowest BCUT2D eigenvalue weighted by Crippen LogP contribution is -2.11. The second-order valence-electron chi connectivity index (χ2n) is 9.37. The lowest BCUT2D eigenvalue weighted by atomic mass is 10.1. The van der Waals surface area contributed by atoms with E-state index in [9.17, 15) is 4.39 Å². The largest absolute Gasteiger partial charge is 0.337 e. The van der Waals surface area contributed by atoms with E-state index in [4.69, 9.17) is 4.98 Å². The Hall–Kier alpha value is -4.50. The van der Waals surface area contributed by atoms with Gasteiger partial charge in [-0.2, -0.15) is 5.10 Å². The van der Waals surface area contributed by atoms with Crippen LogP contribution < -0.4 is 0 Å². The molecule has 0 unspecified atom stereocenters. The standard InChI is InChI=1S/C24H16FN7.C5H13N/c1-13-8-14(10-16(25)9-13)20-22-19(5-7-27-20)29-24(30-22)21-17-11-15(12-28-23(17)32-31-21)18-4-2-3-6-26-18;1-4-5-6(2)3/h2-12H,1H3,(H,29,30)(H,28,31,32);4-5H2,1-3H3. The molecule has 0 saturated heterocycles. The van der Waals surface area contributed by atoms with E-state index in [1.807, 2.05) is 43.3 Å². The van der Waals surface area contributed by atoms with Crippen molar-refractivity contribution >= 4 is 22.1 Å². The molecule has 0 spiro atoms. The highest BCUT2D eigenvalue weighted by Gasteiger charge is 2.17. The number of rotatable bonds is 5. The molecule has 1 aromatic carbocycles. The monoisotopic (exact) mass is 508 g/mol. The number of fused-ring (bicyclic) bond motifs is 2. The first kappa shape index (κ1) is 25.2. The van der Waals surface area contributed by atoms with Crippen LogP contribution in [-0.2, 0) is 0 Å². The fourth-order valence-electron chi connectivity index (χ4n) is 4.34. The number of H-pyrrole nitrogens is 2. The van der Waals surface area contributed by atoms with E-state index < -0.39 is 0 Å². The molecule has 0 aliphatic carbocycles. The lowest BCUT2D eigenvalue weighted by Gasteiger charge is -2.03. The molecule has 192 valence electrons. The van der Waals surface area contributed by atoms with E-state index in [0.717, 1.165) is 27.7 Å². The summed E-state index contributed by atoms with van der Waals surface area (Å²) in [6.45, 7) is 5.24. The Kier molecular flexibility index (Phi) is 7.19. The normalized spacial score (nSPS) is 11.2. The van der Waals surface area contributed by atoms with Crippen LogP contribution in [-0.4, -0.2) is 60.7 Å². The molecule has 9 heteroatoms. The second-order valence-corrected chi connectivity index (χ2v) is 9.37. The van der Waals surface area contributed by atoms with Crippen LogP contribution in [0.2, 0.25) is 0 Å². The summed E-state index contributed by atoms with van der Waals surface area (Å²) in [5, 5.41) is 8.18. The number of nitrogens with one attached hydrogen (secondary N) is 2. The lowest BCUT2D eigenvalue weighted by molar-refractivity contribution is 0.408. The van der Waals surface area contributed by atoms with Crippen LogP contribution >= 0.6 is 0 Å². The Bertz CT molecular complexity index is 1670. The van der Waals surface area contributed by atoms with Gasteiger partial charge in [0.15, 0.2) is 11.5 Å². The summed E-state index contributed by atoms with van der Waals surface area (Å²) in [6, 6.07) is 14.4. The first-order chi connectivity index (χ1) is 18.4. The van der Waals surface area contributed by atoms with Crippen molar-refractivity contribution in [3.63, 3.8) is 0 Å². The molecule has 5 aromatic heterocycles. The maximum atomic E-state index is 14.0. The van der Waals surface area contributed by atoms with Crippen LogP contribution in [0, 0.1) is 12.7 Å². The molecule has 0 aliphatic heterocycles. The second kappa shape index (κ2) is 10.9. The quantitative estimate of drug-likeness (QED) is 0.295. The summed E-state index contributed by atoms with van der Waals surface area (Å²) < 4.78 is 14.0. The van der Waals surface area contributed by atoms with Crippen molar-refractivity contribution in [1.29, 1.82) is 0 Å². The zero-order valence-electron chi connectivity index (χ0n) is 21.8. The SMILES string of the molecule is CCCN(C)C.Cc1cc(F)cc(-c2nccc3[nH]c(-c4[nH]nc5ncc(-c6ccccn6)cc45)nc23)c1. The third-order valence-electron chi connectivity index (χ3n) is 5.99. The maximum Gasteiger partial charge on any atom is 0.181 e. The number of pyridine rings is 3. The Morgan fingerprint density at radius 2 is 1.82 bits per heavy atom. The first-order valence-electron chi connectivity index (χ1n) is 12.5. The molecule has 0 aliphatic rings. The van der Waals surface area contributed by atoms with Gasteiger partial charge in [0.25, 0.3) is 0 Å². The summed E-state index contributed by atoms with van der Waals surface area (Å²) >= 11 is 0. The summed E-state index contributed by atoms with van der Waals surface area (Å²) in [4.78, 5) is 23.6. The molecule has 38 heavy (non-hydrogen) atoms. The fourth-order valence-corrected chi connectivity index (χ4v) is 4.34. The van der Waals surface area contributed by atoms with Crippen LogP contribution in [0.25, 0.3) is 56.1 Å². The average molecular weight is 509 g/mol. The fraction of sp³-hybridized carbons (Fsp3) is 0.207. The summed E-state index contributed by atoms with van der Waals surface area (Å²) in [5.41, 5.74) is 6.57. The van der Waals surface area contributed by atoms with Gasteiger partial charge in [0.2, 0.25) is 0 Å². The van der Waals surface area contributed by atoms with Crippen molar-refractivity contribution in [2.45, 2.75) is 20.3 Å². The minimum atomic E-state index is -0.303. The van der Waals surface area contributed by atoms with Gasteiger partial charge in [-0.3, -0.25) is 15.1 Å². The molecule has 6 rings (SSSR count). The number of benzene rings is 1. The number of aryl methyl sites for hydroxylation is 1. The van der Waals surface area contributed by atoms with Gasteiger partial charge in [-0.25, -0.2) is 14.4 Å². The molecule has 2 N–H and O–H groups in total. The topological polar surface area (TPSA) is 99.3 Å². The van der Waals surface area contributed by atoms with Crippen LogP contribution in [0.4, 0.5) is 4.39 Å².